The predicted molar refractivity (Wildman–Crippen MR) is 126 cm³/mol. The number of anilines is 1. The highest BCUT2D eigenvalue weighted by Gasteiger charge is 2.28. The van der Waals surface area contributed by atoms with Crippen molar-refractivity contribution < 1.29 is 14.3 Å². The van der Waals surface area contributed by atoms with E-state index in [-0.39, 0.29) is 36.4 Å². The van der Waals surface area contributed by atoms with Crippen molar-refractivity contribution in [3.63, 3.8) is 0 Å². The average molecular weight is 449 g/mol. The van der Waals surface area contributed by atoms with Gasteiger partial charge in [0, 0.05) is 37.2 Å². The molecule has 0 saturated heterocycles. The summed E-state index contributed by atoms with van der Waals surface area (Å²) in [5.74, 6) is 0.840. The minimum Gasteiger partial charge on any atom is -0.497 e. The van der Waals surface area contributed by atoms with E-state index in [0.29, 0.717) is 41.1 Å². The van der Waals surface area contributed by atoms with Crippen molar-refractivity contribution >= 4 is 28.4 Å². The minimum absolute atomic E-state index is 0.0458. The van der Waals surface area contributed by atoms with Crippen molar-refractivity contribution in [2.24, 2.45) is 0 Å². The molecule has 1 N–H and O–H groups in total. The molecule has 172 valence electrons. The first kappa shape index (κ1) is 22.5. The Balaban J connectivity index is 1.43. The Morgan fingerprint density at radius 1 is 1.18 bits per heavy atom. The topological polar surface area (TPSA) is 93.5 Å². The molecule has 0 aliphatic heterocycles. The monoisotopic (exact) mass is 448 g/mol. The molecule has 2 amide bonds. The molecule has 0 unspecified atom stereocenters. The first-order valence-corrected chi connectivity index (χ1v) is 11.2. The quantitative estimate of drug-likeness (QED) is 0.543. The molecule has 1 aromatic heterocycles. The number of nitrogens with one attached hydrogen (secondary N) is 1. The van der Waals surface area contributed by atoms with Gasteiger partial charge < -0.3 is 15.0 Å². The van der Waals surface area contributed by atoms with E-state index in [2.05, 4.69) is 10.3 Å². The molecule has 8 nitrogen and oxygen atoms in total. The van der Waals surface area contributed by atoms with Gasteiger partial charge in [-0.2, -0.15) is 0 Å². The number of methoxy groups -OCH3 is 1. The van der Waals surface area contributed by atoms with Crippen molar-refractivity contribution in [3.8, 4) is 5.75 Å². The molecule has 0 bridgehead atoms. The van der Waals surface area contributed by atoms with E-state index in [4.69, 9.17) is 4.74 Å². The number of amides is 2. The molecule has 1 aliphatic carbocycles. The van der Waals surface area contributed by atoms with Crippen molar-refractivity contribution in [1.82, 2.24) is 14.5 Å². The second-order valence-corrected chi connectivity index (χ2v) is 8.14. The average Bonchev–Trinajstić information content (AvgIpc) is 3.66. The number of carbonyl (C=O) groups is 2. The van der Waals surface area contributed by atoms with Crippen LogP contribution in [0.1, 0.15) is 38.1 Å². The third-order valence-corrected chi connectivity index (χ3v) is 5.78. The van der Waals surface area contributed by atoms with Gasteiger partial charge in [0.2, 0.25) is 11.8 Å². The molecule has 1 heterocycles. The molecule has 8 heteroatoms. The van der Waals surface area contributed by atoms with Gasteiger partial charge in [-0.05, 0) is 44.0 Å². The van der Waals surface area contributed by atoms with Gasteiger partial charge in [0.15, 0.2) is 0 Å². The molecule has 0 radical (unpaired) electrons. The van der Waals surface area contributed by atoms with E-state index in [1.54, 1.807) is 42.0 Å². The van der Waals surface area contributed by atoms with Crippen LogP contribution in [-0.4, -0.2) is 46.5 Å². The van der Waals surface area contributed by atoms with Crippen molar-refractivity contribution in [3.05, 3.63) is 64.7 Å². The number of aromatic nitrogens is 2. The number of fused-ring (bicyclic) bond motifs is 1. The number of rotatable bonds is 9. The number of para-hydroxylation sites is 1. The molecule has 3 aromatic rings. The molecule has 0 atom stereocenters. The molecule has 33 heavy (non-hydrogen) atoms. The molecule has 1 saturated carbocycles. The maximum absolute atomic E-state index is 13.0. The predicted octanol–water partition coefficient (Wildman–Crippen LogP) is 3.16. The molecule has 4 rings (SSSR count). The molecule has 1 aliphatic rings. The highest BCUT2D eigenvalue weighted by Crippen LogP contribution is 2.35. The van der Waals surface area contributed by atoms with Gasteiger partial charge in [0.25, 0.3) is 5.56 Å². The van der Waals surface area contributed by atoms with E-state index in [9.17, 15) is 14.4 Å². The summed E-state index contributed by atoms with van der Waals surface area (Å²) in [6, 6.07) is 14.5. The summed E-state index contributed by atoms with van der Waals surface area (Å²) in [6.07, 6.45) is 2.43. The van der Waals surface area contributed by atoms with E-state index in [1.165, 1.54) is 4.90 Å². The summed E-state index contributed by atoms with van der Waals surface area (Å²) in [4.78, 5) is 44.6. The van der Waals surface area contributed by atoms with Gasteiger partial charge >= 0.3 is 0 Å². The number of hydrogen-bond donors (Lipinski definition) is 1. The number of ether oxygens (including phenoxy) is 1. The Bertz CT molecular complexity index is 1230. The van der Waals surface area contributed by atoms with E-state index in [1.807, 2.05) is 25.1 Å². The number of hydrogen-bond acceptors (Lipinski definition) is 5. The van der Waals surface area contributed by atoms with Gasteiger partial charge in [-0.15, -0.1) is 0 Å². The summed E-state index contributed by atoms with van der Waals surface area (Å²) in [6.45, 7) is 2.20. The Morgan fingerprint density at radius 3 is 2.70 bits per heavy atom. The number of nitrogens with zero attached hydrogens (tertiary/aromatic N) is 3. The molecule has 2 aromatic carbocycles. The first-order valence-electron chi connectivity index (χ1n) is 11.2. The number of carbonyl (C=O) groups excluding carboxylic acids is 2. The Kier molecular flexibility index (Phi) is 6.72. The summed E-state index contributed by atoms with van der Waals surface area (Å²) in [5, 5.41) is 3.40. The lowest BCUT2D eigenvalue weighted by Crippen LogP contribution is -2.38. The van der Waals surface area contributed by atoms with Crippen LogP contribution in [0.25, 0.3) is 10.9 Å². The lowest BCUT2D eigenvalue weighted by molar-refractivity contribution is -0.134. The Hall–Kier alpha value is -3.68. The third-order valence-electron chi connectivity index (χ3n) is 5.78. The maximum atomic E-state index is 13.0. The summed E-state index contributed by atoms with van der Waals surface area (Å²) < 4.78 is 6.92. The zero-order chi connectivity index (χ0) is 23.4. The Morgan fingerprint density at radius 2 is 1.97 bits per heavy atom. The second kappa shape index (κ2) is 9.85. The van der Waals surface area contributed by atoms with Crippen LogP contribution in [0.4, 0.5) is 5.69 Å². The molecule has 1 fully saturated rings. The van der Waals surface area contributed by atoms with E-state index in [0.717, 1.165) is 12.8 Å². The SMILES string of the molecule is CCN(CC(=O)Nc1cccc(OC)c1)C(=O)CCc1nc2ccccc2c(=O)n1C1CC1. The maximum Gasteiger partial charge on any atom is 0.261 e. The minimum atomic E-state index is -0.280. The first-order chi connectivity index (χ1) is 16.0. The highest BCUT2D eigenvalue weighted by molar-refractivity contribution is 5.94. The standard InChI is InChI=1S/C25H28N4O4/c1-3-28(16-23(30)26-17-7-6-8-19(15-17)33-2)24(31)14-13-22-27-21-10-5-4-9-20(21)25(32)29(22)18-11-12-18/h4-10,15,18H,3,11-14,16H2,1-2H3,(H,26,30). The van der Waals surface area contributed by atoms with E-state index < -0.39 is 0 Å². The van der Waals surface area contributed by atoms with Crippen LogP contribution in [-0.2, 0) is 16.0 Å². The van der Waals surface area contributed by atoms with Gasteiger partial charge in [-0.25, -0.2) is 4.98 Å². The van der Waals surface area contributed by atoms with Crippen LogP contribution in [0.15, 0.2) is 53.3 Å². The van der Waals surface area contributed by atoms with Crippen LogP contribution in [0, 0.1) is 0 Å². The second-order valence-electron chi connectivity index (χ2n) is 8.14. The zero-order valence-corrected chi connectivity index (χ0v) is 18.9. The fourth-order valence-corrected chi connectivity index (χ4v) is 3.91. The van der Waals surface area contributed by atoms with Gasteiger partial charge in [0.05, 0.1) is 24.6 Å². The number of likely N-dealkylation sites (N-methyl/N-ethyl adjacent to an activating group) is 1. The lowest BCUT2D eigenvalue weighted by Gasteiger charge is -2.21. The molecular formula is C25H28N4O4. The smallest absolute Gasteiger partial charge is 0.261 e. The fourth-order valence-electron chi connectivity index (χ4n) is 3.91. The van der Waals surface area contributed by atoms with Crippen molar-refractivity contribution in [1.29, 1.82) is 0 Å². The largest absolute Gasteiger partial charge is 0.497 e. The van der Waals surface area contributed by atoms with Gasteiger partial charge in [-0.1, -0.05) is 18.2 Å². The normalized spacial score (nSPS) is 13.0. The van der Waals surface area contributed by atoms with Gasteiger partial charge in [0.1, 0.15) is 11.6 Å². The van der Waals surface area contributed by atoms with Crippen LogP contribution < -0.4 is 15.6 Å². The van der Waals surface area contributed by atoms with Crippen molar-refractivity contribution in [2.45, 2.75) is 38.6 Å². The van der Waals surface area contributed by atoms with Gasteiger partial charge in [-0.3, -0.25) is 19.0 Å². The summed E-state index contributed by atoms with van der Waals surface area (Å²) in [5.41, 5.74) is 1.21. The van der Waals surface area contributed by atoms with Crippen LogP contribution >= 0.6 is 0 Å². The van der Waals surface area contributed by atoms with Crippen LogP contribution in [0.5, 0.6) is 5.75 Å². The number of aryl methyl sites for hydroxylation is 1. The third kappa shape index (κ3) is 5.22. The zero-order valence-electron chi connectivity index (χ0n) is 18.9. The summed E-state index contributed by atoms with van der Waals surface area (Å²) >= 11 is 0. The fraction of sp³-hybridized carbons (Fsp3) is 0.360. The van der Waals surface area contributed by atoms with Crippen LogP contribution in [0.3, 0.4) is 0 Å². The molecular weight excluding hydrogens is 420 g/mol. The Labute approximate surface area is 192 Å². The van der Waals surface area contributed by atoms with E-state index >= 15 is 0 Å². The van der Waals surface area contributed by atoms with Crippen molar-refractivity contribution in [2.75, 3.05) is 25.5 Å². The molecule has 0 spiro atoms. The van der Waals surface area contributed by atoms with Crippen LogP contribution in [0.2, 0.25) is 0 Å². The highest BCUT2D eigenvalue weighted by atomic mass is 16.5. The lowest BCUT2D eigenvalue weighted by atomic mass is 10.2. The number of benzene rings is 2. The summed E-state index contributed by atoms with van der Waals surface area (Å²) in [7, 11) is 1.56.